The molecule has 0 fully saturated rings. The SMILES string of the molecule is Cn1nc(CN)c2c1CN(Cc1ccccc1)C2. The number of benzene rings is 1. The first-order valence-electron chi connectivity index (χ1n) is 6.28. The van der Waals surface area contributed by atoms with E-state index in [0.29, 0.717) is 6.54 Å². The normalized spacial score (nSPS) is 15.0. The summed E-state index contributed by atoms with van der Waals surface area (Å²) in [4.78, 5) is 2.43. The van der Waals surface area contributed by atoms with Crippen LogP contribution >= 0.6 is 0 Å². The van der Waals surface area contributed by atoms with Crippen LogP contribution in [-0.4, -0.2) is 14.7 Å². The smallest absolute Gasteiger partial charge is 0.0808 e. The van der Waals surface area contributed by atoms with Crippen molar-refractivity contribution in [2.45, 2.75) is 26.2 Å². The minimum absolute atomic E-state index is 0.530. The van der Waals surface area contributed by atoms with E-state index in [2.05, 4.69) is 40.3 Å². The molecule has 0 saturated carbocycles. The molecule has 0 spiro atoms. The van der Waals surface area contributed by atoms with Gasteiger partial charge in [-0.3, -0.25) is 9.58 Å². The summed E-state index contributed by atoms with van der Waals surface area (Å²) in [5.74, 6) is 0. The zero-order valence-corrected chi connectivity index (χ0v) is 10.6. The lowest BCUT2D eigenvalue weighted by Crippen LogP contribution is -2.18. The van der Waals surface area contributed by atoms with Crippen molar-refractivity contribution in [3.8, 4) is 0 Å². The number of nitrogens with two attached hydrogens (primary N) is 1. The maximum Gasteiger partial charge on any atom is 0.0808 e. The molecule has 4 nitrogen and oxygen atoms in total. The summed E-state index contributed by atoms with van der Waals surface area (Å²) in [6, 6.07) is 10.6. The van der Waals surface area contributed by atoms with Gasteiger partial charge in [0.2, 0.25) is 0 Å². The lowest BCUT2D eigenvalue weighted by atomic mass is 10.2. The fourth-order valence-electron chi connectivity index (χ4n) is 2.65. The Morgan fingerprint density at radius 2 is 2.00 bits per heavy atom. The lowest BCUT2D eigenvalue weighted by molar-refractivity contribution is 0.268. The Morgan fingerprint density at radius 1 is 1.22 bits per heavy atom. The Morgan fingerprint density at radius 3 is 2.72 bits per heavy atom. The fourth-order valence-corrected chi connectivity index (χ4v) is 2.65. The van der Waals surface area contributed by atoms with Crippen molar-refractivity contribution in [1.29, 1.82) is 0 Å². The predicted octanol–water partition coefficient (Wildman–Crippen LogP) is 1.39. The average molecular weight is 242 g/mol. The van der Waals surface area contributed by atoms with Crippen LogP contribution in [0.3, 0.4) is 0 Å². The number of rotatable bonds is 3. The Hall–Kier alpha value is -1.65. The molecule has 18 heavy (non-hydrogen) atoms. The molecule has 3 rings (SSSR count). The van der Waals surface area contributed by atoms with E-state index in [-0.39, 0.29) is 0 Å². The maximum absolute atomic E-state index is 5.74. The van der Waals surface area contributed by atoms with Gasteiger partial charge in [-0.15, -0.1) is 0 Å². The van der Waals surface area contributed by atoms with Gasteiger partial charge in [0, 0.05) is 38.8 Å². The first-order valence-corrected chi connectivity index (χ1v) is 6.28. The van der Waals surface area contributed by atoms with Gasteiger partial charge < -0.3 is 5.73 Å². The zero-order chi connectivity index (χ0) is 12.5. The third-order valence-electron chi connectivity index (χ3n) is 3.56. The maximum atomic E-state index is 5.74. The second kappa shape index (κ2) is 4.55. The van der Waals surface area contributed by atoms with Crippen molar-refractivity contribution in [3.05, 3.63) is 52.8 Å². The number of hydrogen-bond acceptors (Lipinski definition) is 3. The summed E-state index contributed by atoms with van der Waals surface area (Å²) in [5.41, 5.74) is 10.8. The molecule has 0 atom stereocenters. The second-order valence-electron chi connectivity index (χ2n) is 4.83. The highest BCUT2D eigenvalue weighted by Crippen LogP contribution is 2.26. The summed E-state index contributed by atoms with van der Waals surface area (Å²) in [6.45, 7) is 3.44. The van der Waals surface area contributed by atoms with E-state index >= 15 is 0 Å². The van der Waals surface area contributed by atoms with E-state index in [4.69, 9.17) is 5.73 Å². The Kier molecular flexibility index (Phi) is 2.89. The molecule has 1 aliphatic heterocycles. The summed E-state index contributed by atoms with van der Waals surface area (Å²) < 4.78 is 1.97. The van der Waals surface area contributed by atoms with Gasteiger partial charge in [0.05, 0.1) is 11.4 Å². The van der Waals surface area contributed by atoms with Gasteiger partial charge in [-0.1, -0.05) is 30.3 Å². The molecule has 0 radical (unpaired) electrons. The number of nitrogens with zero attached hydrogens (tertiary/aromatic N) is 3. The lowest BCUT2D eigenvalue weighted by Gasteiger charge is -2.15. The van der Waals surface area contributed by atoms with E-state index < -0.39 is 0 Å². The zero-order valence-electron chi connectivity index (χ0n) is 10.6. The highest BCUT2D eigenvalue weighted by Gasteiger charge is 2.25. The standard InChI is InChI=1S/C14H18N4/c1-17-14-10-18(8-11-5-3-2-4-6-11)9-12(14)13(7-15)16-17/h2-6H,7-10,15H2,1H3. The van der Waals surface area contributed by atoms with Crippen LogP contribution in [0.2, 0.25) is 0 Å². The number of hydrogen-bond donors (Lipinski definition) is 1. The summed E-state index contributed by atoms with van der Waals surface area (Å²) in [6.07, 6.45) is 0. The monoisotopic (exact) mass is 242 g/mol. The molecular weight excluding hydrogens is 224 g/mol. The number of aromatic nitrogens is 2. The quantitative estimate of drug-likeness (QED) is 0.885. The number of aryl methyl sites for hydroxylation is 1. The van der Waals surface area contributed by atoms with Crippen LogP contribution in [0.25, 0.3) is 0 Å². The average Bonchev–Trinajstić information content (AvgIpc) is 2.91. The molecule has 0 bridgehead atoms. The van der Waals surface area contributed by atoms with Gasteiger partial charge in [-0.05, 0) is 5.56 Å². The van der Waals surface area contributed by atoms with Gasteiger partial charge in [0.15, 0.2) is 0 Å². The fraction of sp³-hybridized carbons (Fsp3) is 0.357. The minimum atomic E-state index is 0.530. The molecular formula is C14H18N4. The van der Waals surface area contributed by atoms with Gasteiger partial charge in [0.25, 0.3) is 0 Å². The molecule has 2 N–H and O–H groups in total. The highest BCUT2D eigenvalue weighted by atomic mass is 15.3. The molecule has 1 aliphatic rings. The summed E-state index contributed by atoms with van der Waals surface area (Å²) in [5, 5.41) is 4.46. The molecule has 2 heterocycles. The van der Waals surface area contributed by atoms with Crippen molar-refractivity contribution in [3.63, 3.8) is 0 Å². The summed E-state index contributed by atoms with van der Waals surface area (Å²) >= 11 is 0. The van der Waals surface area contributed by atoms with Crippen LogP contribution in [0.1, 0.15) is 22.5 Å². The van der Waals surface area contributed by atoms with E-state index in [1.807, 2.05) is 11.7 Å². The highest BCUT2D eigenvalue weighted by molar-refractivity contribution is 5.30. The predicted molar refractivity (Wildman–Crippen MR) is 70.5 cm³/mol. The van der Waals surface area contributed by atoms with Crippen molar-refractivity contribution >= 4 is 0 Å². The topological polar surface area (TPSA) is 47.1 Å². The third kappa shape index (κ3) is 1.94. The third-order valence-corrected chi connectivity index (χ3v) is 3.56. The first-order chi connectivity index (χ1) is 8.78. The van der Waals surface area contributed by atoms with E-state index in [0.717, 1.165) is 25.3 Å². The molecule has 0 saturated heterocycles. The molecule has 94 valence electrons. The van der Waals surface area contributed by atoms with Crippen LogP contribution in [-0.2, 0) is 33.2 Å². The summed E-state index contributed by atoms with van der Waals surface area (Å²) in [7, 11) is 2.00. The minimum Gasteiger partial charge on any atom is -0.325 e. The Labute approximate surface area is 107 Å². The second-order valence-corrected chi connectivity index (χ2v) is 4.83. The molecule has 2 aromatic rings. The molecule has 4 heteroatoms. The van der Waals surface area contributed by atoms with Crippen LogP contribution in [0.15, 0.2) is 30.3 Å². The van der Waals surface area contributed by atoms with Crippen molar-refractivity contribution in [2.24, 2.45) is 12.8 Å². The van der Waals surface area contributed by atoms with E-state index in [9.17, 15) is 0 Å². The van der Waals surface area contributed by atoms with Gasteiger partial charge in [-0.25, -0.2) is 0 Å². The van der Waals surface area contributed by atoms with E-state index in [1.54, 1.807) is 0 Å². The van der Waals surface area contributed by atoms with Crippen molar-refractivity contribution in [1.82, 2.24) is 14.7 Å². The largest absolute Gasteiger partial charge is 0.325 e. The van der Waals surface area contributed by atoms with Gasteiger partial charge in [-0.2, -0.15) is 5.10 Å². The van der Waals surface area contributed by atoms with Crippen LogP contribution in [0.4, 0.5) is 0 Å². The van der Waals surface area contributed by atoms with Crippen LogP contribution in [0, 0.1) is 0 Å². The van der Waals surface area contributed by atoms with Crippen molar-refractivity contribution in [2.75, 3.05) is 0 Å². The Balaban J connectivity index is 1.77. The molecule has 1 aromatic heterocycles. The molecule has 0 unspecified atom stereocenters. The van der Waals surface area contributed by atoms with Crippen molar-refractivity contribution < 1.29 is 0 Å². The van der Waals surface area contributed by atoms with Crippen LogP contribution in [0.5, 0.6) is 0 Å². The van der Waals surface area contributed by atoms with Gasteiger partial charge in [0.1, 0.15) is 0 Å². The van der Waals surface area contributed by atoms with Crippen LogP contribution < -0.4 is 5.73 Å². The first kappa shape index (κ1) is 11.4. The Bertz CT molecular complexity index is 544. The van der Waals surface area contributed by atoms with E-state index in [1.165, 1.54) is 16.8 Å². The van der Waals surface area contributed by atoms with Gasteiger partial charge >= 0.3 is 0 Å². The molecule has 0 aliphatic carbocycles. The molecule has 1 aromatic carbocycles. The molecule has 0 amide bonds. The number of fused-ring (bicyclic) bond motifs is 1.